The van der Waals surface area contributed by atoms with Crippen molar-refractivity contribution in [1.82, 2.24) is 0 Å². The first kappa shape index (κ1) is 13.4. The van der Waals surface area contributed by atoms with Crippen LogP contribution in [0.25, 0.3) is 11.3 Å². The first-order valence-corrected chi connectivity index (χ1v) is 5.71. The second kappa shape index (κ2) is 4.93. The molecule has 0 aliphatic rings. The number of hydrogen-bond donors (Lipinski definition) is 1. The molecule has 1 N–H and O–H groups in total. The van der Waals surface area contributed by atoms with Gasteiger partial charge in [-0.1, -0.05) is 0 Å². The van der Waals surface area contributed by atoms with Gasteiger partial charge in [-0.05, 0) is 34.1 Å². The standard InChI is InChI=1S/C12H5BrF2O4/c13-10-9(8-2-1-5(4-16)19-8)6(12(17)18)3-7(14)11(10)15/h1-4H,(H,17,18). The summed E-state index contributed by atoms with van der Waals surface area (Å²) in [7, 11) is 0. The quantitative estimate of drug-likeness (QED) is 0.690. The highest BCUT2D eigenvalue weighted by molar-refractivity contribution is 9.10. The lowest BCUT2D eigenvalue weighted by atomic mass is 10.0. The number of benzene rings is 1. The summed E-state index contributed by atoms with van der Waals surface area (Å²) in [5.41, 5.74) is -0.642. The molecule has 0 saturated heterocycles. The van der Waals surface area contributed by atoms with Crippen LogP contribution in [0, 0.1) is 11.6 Å². The summed E-state index contributed by atoms with van der Waals surface area (Å²) in [6.45, 7) is 0. The minimum Gasteiger partial charge on any atom is -0.478 e. The molecule has 0 unspecified atom stereocenters. The summed E-state index contributed by atoms with van der Waals surface area (Å²) in [4.78, 5) is 21.6. The van der Waals surface area contributed by atoms with E-state index in [2.05, 4.69) is 15.9 Å². The van der Waals surface area contributed by atoms with Crippen LogP contribution < -0.4 is 0 Å². The Balaban J connectivity index is 2.76. The van der Waals surface area contributed by atoms with Crippen LogP contribution in [-0.4, -0.2) is 17.4 Å². The van der Waals surface area contributed by atoms with E-state index in [1.807, 2.05) is 0 Å². The predicted molar refractivity (Wildman–Crippen MR) is 64.1 cm³/mol. The van der Waals surface area contributed by atoms with Gasteiger partial charge < -0.3 is 9.52 Å². The van der Waals surface area contributed by atoms with Gasteiger partial charge in [0.15, 0.2) is 23.7 Å². The Hall–Kier alpha value is -2.02. The van der Waals surface area contributed by atoms with Crippen molar-refractivity contribution >= 4 is 28.2 Å². The van der Waals surface area contributed by atoms with E-state index < -0.39 is 23.2 Å². The molecule has 1 aromatic heterocycles. The monoisotopic (exact) mass is 330 g/mol. The Morgan fingerprint density at radius 2 is 2.05 bits per heavy atom. The number of carbonyl (C=O) groups excluding carboxylic acids is 1. The van der Waals surface area contributed by atoms with Crippen molar-refractivity contribution < 1.29 is 27.9 Å². The van der Waals surface area contributed by atoms with Crippen LogP contribution >= 0.6 is 15.9 Å². The Morgan fingerprint density at radius 3 is 2.58 bits per heavy atom. The average Bonchev–Trinajstić information content (AvgIpc) is 2.83. The molecule has 19 heavy (non-hydrogen) atoms. The number of carboxylic acid groups (broad SMARTS) is 1. The number of halogens is 3. The maximum absolute atomic E-state index is 13.5. The largest absolute Gasteiger partial charge is 0.478 e. The third kappa shape index (κ3) is 2.28. The number of furan rings is 1. The van der Waals surface area contributed by atoms with E-state index in [1.54, 1.807) is 0 Å². The van der Waals surface area contributed by atoms with Crippen molar-refractivity contribution in [3.63, 3.8) is 0 Å². The number of rotatable bonds is 3. The number of aromatic carboxylic acids is 1. The van der Waals surface area contributed by atoms with Gasteiger partial charge in [0.05, 0.1) is 10.0 Å². The normalized spacial score (nSPS) is 10.5. The number of carboxylic acids is 1. The molecular formula is C12H5BrF2O4. The van der Waals surface area contributed by atoms with Gasteiger partial charge in [0.25, 0.3) is 0 Å². The van der Waals surface area contributed by atoms with Gasteiger partial charge in [-0.15, -0.1) is 0 Å². The molecule has 4 nitrogen and oxygen atoms in total. The van der Waals surface area contributed by atoms with Crippen LogP contribution in [0.3, 0.4) is 0 Å². The van der Waals surface area contributed by atoms with Crippen molar-refractivity contribution in [3.8, 4) is 11.3 Å². The molecule has 98 valence electrons. The van der Waals surface area contributed by atoms with Gasteiger partial charge in [-0.3, -0.25) is 4.79 Å². The summed E-state index contributed by atoms with van der Waals surface area (Å²) >= 11 is 2.79. The highest BCUT2D eigenvalue weighted by Gasteiger charge is 2.23. The Kier molecular flexibility index (Phi) is 3.48. The Labute approximate surface area is 113 Å². The topological polar surface area (TPSA) is 67.5 Å². The molecule has 0 fully saturated rings. The molecule has 1 aromatic carbocycles. The van der Waals surface area contributed by atoms with E-state index in [9.17, 15) is 18.4 Å². The Bertz CT molecular complexity index is 679. The second-order valence-corrected chi connectivity index (χ2v) is 4.33. The van der Waals surface area contributed by atoms with Gasteiger partial charge in [0.2, 0.25) is 0 Å². The third-order valence-corrected chi connectivity index (χ3v) is 3.13. The van der Waals surface area contributed by atoms with Crippen LogP contribution in [-0.2, 0) is 0 Å². The molecule has 0 amide bonds. The molecule has 0 saturated carbocycles. The van der Waals surface area contributed by atoms with E-state index >= 15 is 0 Å². The van der Waals surface area contributed by atoms with E-state index in [0.29, 0.717) is 12.4 Å². The molecule has 7 heteroatoms. The minimum atomic E-state index is -1.45. The zero-order valence-electron chi connectivity index (χ0n) is 9.12. The van der Waals surface area contributed by atoms with Gasteiger partial charge in [0, 0.05) is 5.56 Å². The third-order valence-electron chi connectivity index (χ3n) is 2.38. The molecule has 2 aromatic rings. The molecule has 0 radical (unpaired) electrons. The first-order chi connectivity index (χ1) is 8.95. The summed E-state index contributed by atoms with van der Waals surface area (Å²) < 4.78 is 31.4. The van der Waals surface area contributed by atoms with Crippen molar-refractivity contribution in [2.24, 2.45) is 0 Å². The highest BCUT2D eigenvalue weighted by atomic mass is 79.9. The molecular weight excluding hydrogens is 326 g/mol. The second-order valence-electron chi connectivity index (χ2n) is 3.53. The number of carbonyl (C=O) groups is 2. The molecule has 0 bridgehead atoms. The lowest BCUT2D eigenvalue weighted by Gasteiger charge is -2.08. The van der Waals surface area contributed by atoms with Crippen molar-refractivity contribution in [3.05, 3.63) is 45.6 Å². The summed E-state index contributed by atoms with van der Waals surface area (Å²) in [5.74, 6) is -4.08. The van der Waals surface area contributed by atoms with E-state index in [1.165, 1.54) is 12.1 Å². The minimum absolute atomic E-state index is 0.0507. The fraction of sp³-hybridized carbons (Fsp3) is 0. The van der Waals surface area contributed by atoms with Crippen LogP contribution in [0.2, 0.25) is 0 Å². The van der Waals surface area contributed by atoms with Crippen molar-refractivity contribution in [2.75, 3.05) is 0 Å². The fourth-order valence-electron chi connectivity index (χ4n) is 1.56. The zero-order chi connectivity index (χ0) is 14.2. The van der Waals surface area contributed by atoms with E-state index in [-0.39, 0.29) is 21.6 Å². The maximum Gasteiger partial charge on any atom is 0.336 e. The molecule has 2 rings (SSSR count). The molecule has 1 heterocycles. The summed E-state index contributed by atoms with van der Waals surface area (Å²) in [6.07, 6.45) is 0.414. The maximum atomic E-state index is 13.5. The lowest BCUT2D eigenvalue weighted by molar-refractivity contribution is 0.0696. The smallest absolute Gasteiger partial charge is 0.336 e. The van der Waals surface area contributed by atoms with Gasteiger partial charge in [-0.2, -0.15) is 0 Å². The lowest BCUT2D eigenvalue weighted by Crippen LogP contribution is -2.03. The molecule has 0 aliphatic carbocycles. The summed E-state index contributed by atoms with van der Waals surface area (Å²) in [5, 5.41) is 9.01. The SMILES string of the molecule is O=Cc1ccc(-c2c(C(=O)O)cc(F)c(F)c2Br)o1. The Morgan fingerprint density at radius 1 is 1.37 bits per heavy atom. The zero-order valence-corrected chi connectivity index (χ0v) is 10.7. The highest BCUT2D eigenvalue weighted by Crippen LogP contribution is 2.36. The van der Waals surface area contributed by atoms with Gasteiger partial charge >= 0.3 is 5.97 Å². The van der Waals surface area contributed by atoms with Crippen LogP contribution in [0.15, 0.2) is 27.1 Å². The van der Waals surface area contributed by atoms with Crippen LogP contribution in [0.1, 0.15) is 20.9 Å². The van der Waals surface area contributed by atoms with E-state index in [4.69, 9.17) is 9.52 Å². The van der Waals surface area contributed by atoms with Crippen LogP contribution in [0.4, 0.5) is 8.78 Å². The molecule has 0 atom stereocenters. The number of hydrogen-bond acceptors (Lipinski definition) is 3. The van der Waals surface area contributed by atoms with E-state index in [0.717, 1.165) is 0 Å². The van der Waals surface area contributed by atoms with Gasteiger partial charge in [0.1, 0.15) is 5.76 Å². The van der Waals surface area contributed by atoms with Crippen LogP contribution in [0.5, 0.6) is 0 Å². The molecule has 0 spiro atoms. The van der Waals surface area contributed by atoms with Gasteiger partial charge in [-0.25, -0.2) is 13.6 Å². The number of aldehydes is 1. The fourth-order valence-corrected chi connectivity index (χ4v) is 2.15. The molecule has 0 aliphatic heterocycles. The van der Waals surface area contributed by atoms with Crippen molar-refractivity contribution in [1.29, 1.82) is 0 Å². The first-order valence-electron chi connectivity index (χ1n) is 4.92. The van der Waals surface area contributed by atoms with Crippen molar-refractivity contribution in [2.45, 2.75) is 0 Å². The summed E-state index contributed by atoms with van der Waals surface area (Å²) in [6, 6.07) is 3.15. The predicted octanol–water partition coefficient (Wildman–Crippen LogP) is 3.50. The average molecular weight is 331 g/mol.